The fraction of sp³-hybridized carbons (Fsp3) is 0.111. The van der Waals surface area contributed by atoms with Crippen LogP contribution in [0.4, 0.5) is 10.1 Å². The number of anilines is 1. The third-order valence-electron chi connectivity index (χ3n) is 1.99. The lowest BCUT2D eigenvalue weighted by Gasteiger charge is -2.03. The van der Waals surface area contributed by atoms with Crippen molar-refractivity contribution in [2.75, 3.05) is 12.4 Å². The maximum atomic E-state index is 13.1. The van der Waals surface area contributed by atoms with Crippen molar-refractivity contribution in [2.24, 2.45) is 0 Å². The van der Waals surface area contributed by atoms with Crippen LogP contribution in [0.5, 0.6) is 5.75 Å². The first-order chi connectivity index (χ1) is 6.63. The van der Waals surface area contributed by atoms with E-state index in [4.69, 9.17) is 4.74 Å². The molecule has 0 saturated carbocycles. The Labute approximate surface area is 78.7 Å². The Kier molecular flexibility index (Phi) is 1.73. The van der Waals surface area contributed by atoms with Gasteiger partial charge in [0.25, 0.3) is 11.7 Å². The highest BCUT2D eigenvalue weighted by atomic mass is 19.1. The summed E-state index contributed by atoms with van der Waals surface area (Å²) >= 11 is 0. The summed E-state index contributed by atoms with van der Waals surface area (Å²) in [4.78, 5) is 22.0. The number of ether oxygens (including phenoxy) is 1. The van der Waals surface area contributed by atoms with Gasteiger partial charge < -0.3 is 10.1 Å². The summed E-state index contributed by atoms with van der Waals surface area (Å²) in [5.74, 6) is -2.12. The smallest absolute Gasteiger partial charge is 0.296 e. The molecule has 1 N–H and O–H groups in total. The molecule has 14 heavy (non-hydrogen) atoms. The number of benzene rings is 1. The van der Waals surface area contributed by atoms with Crippen LogP contribution in [-0.4, -0.2) is 18.8 Å². The molecule has 0 aliphatic carbocycles. The summed E-state index contributed by atoms with van der Waals surface area (Å²) in [5.41, 5.74) is 0.339. The molecule has 0 spiro atoms. The third kappa shape index (κ3) is 1.06. The van der Waals surface area contributed by atoms with Crippen LogP contribution in [0.25, 0.3) is 0 Å². The van der Waals surface area contributed by atoms with Crippen LogP contribution in [0.1, 0.15) is 10.4 Å². The number of fused-ring (bicyclic) bond motifs is 1. The Hall–Kier alpha value is -1.91. The molecule has 1 amide bonds. The molecule has 0 radical (unpaired) electrons. The highest BCUT2D eigenvalue weighted by Crippen LogP contribution is 2.29. The number of halogens is 1. The predicted octanol–water partition coefficient (Wildman–Crippen LogP) is 0.969. The van der Waals surface area contributed by atoms with Crippen LogP contribution >= 0.6 is 0 Å². The van der Waals surface area contributed by atoms with Crippen molar-refractivity contribution in [3.05, 3.63) is 23.5 Å². The first-order valence-corrected chi connectivity index (χ1v) is 3.86. The molecule has 1 aromatic rings. The first kappa shape index (κ1) is 8.68. The molecule has 1 aliphatic rings. The number of hydrogen-bond donors (Lipinski definition) is 1. The second-order valence-corrected chi connectivity index (χ2v) is 2.82. The first-order valence-electron chi connectivity index (χ1n) is 3.86. The van der Waals surface area contributed by atoms with E-state index in [9.17, 15) is 14.0 Å². The Morgan fingerprint density at radius 3 is 2.71 bits per heavy atom. The SMILES string of the molecule is COc1cc2c(cc1F)C(=O)C(=O)N2. The molecule has 4 nitrogen and oxygen atoms in total. The number of methoxy groups -OCH3 is 1. The molecule has 1 heterocycles. The van der Waals surface area contributed by atoms with Gasteiger partial charge in [0, 0.05) is 6.07 Å². The number of nitrogens with one attached hydrogen (secondary N) is 1. The van der Waals surface area contributed by atoms with Crippen LogP contribution < -0.4 is 10.1 Å². The van der Waals surface area contributed by atoms with Crippen LogP contribution in [0, 0.1) is 5.82 Å². The van der Waals surface area contributed by atoms with Gasteiger partial charge in [-0.25, -0.2) is 4.39 Å². The average molecular weight is 195 g/mol. The van der Waals surface area contributed by atoms with Gasteiger partial charge in [-0.1, -0.05) is 0 Å². The van der Waals surface area contributed by atoms with Crippen molar-refractivity contribution >= 4 is 17.4 Å². The zero-order valence-corrected chi connectivity index (χ0v) is 7.26. The fourth-order valence-corrected chi connectivity index (χ4v) is 1.30. The maximum absolute atomic E-state index is 13.1. The number of carbonyl (C=O) groups excluding carboxylic acids is 2. The molecule has 0 atom stereocenters. The minimum Gasteiger partial charge on any atom is -0.494 e. The number of amides is 1. The van der Waals surface area contributed by atoms with Gasteiger partial charge in [-0.05, 0) is 6.07 Å². The number of rotatable bonds is 1. The van der Waals surface area contributed by atoms with E-state index in [1.807, 2.05) is 0 Å². The second kappa shape index (κ2) is 2.80. The van der Waals surface area contributed by atoms with Gasteiger partial charge in [0.15, 0.2) is 11.6 Å². The van der Waals surface area contributed by atoms with Gasteiger partial charge in [0.05, 0.1) is 18.4 Å². The normalized spacial score (nSPS) is 13.9. The summed E-state index contributed by atoms with van der Waals surface area (Å²) in [7, 11) is 1.31. The van der Waals surface area contributed by atoms with Crippen molar-refractivity contribution in [3.8, 4) is 5.75 Å². The molecule has 2 rings (SSSR count). The van der Waals surface area contributed by atoms with Crippen LogP contribution in [0.3, 0.4) is 0 Å². The largest absolute Gasteiger partial charge is 0.494 e. The number of hydrogen-bond acceptors (Lipinski definition) is 3. The minimum absolute atomic E-state index is 0.00116. The van der Waals surface area contributed by atoms with E-state index >= 15 is 0 Å². The molecule has 0 unspecified atom stereocenters. The monoisotopic (exact) mass is 195 g/mol. The molecule has 0 saturated heterocycles. The van der Waals surface area contributed by atoms with Crippen molar-refractivity contribution < 1.29 is 18.7 Å². The van der Waals surface area contributed by atoms with Gasteiger partial charge in [0.1, 0.15) is 0 Å². The molecular weight excluding hydrogens is 189 g/mol. The standard InChI is InChI=1S/C9H6FNO3/c1-14-7-3-6-4(2-5(7)10)8(12)9(13)11-6/h2-3H,1H3,(H,11,12,13). The van der Waals surface area contributed by atoms with Gasteiger partial charge in [-0.15, -0.1) is 0 Å². The van der Waals surface area contributed by atoms with Gasteiger partial charge in [0.2, 0.25) is 0 Å². The van der Waals surface area contributed by atoms with Gasteiger partial charge in [-0.2, -0.15) is 0 Å². The average Bonchev–Trinajstić information content (AvgIpc) is 2.43. The third-order valence-corrected chi connectivity index (χ3v) is 1.99. The van der Waals surface area contributed by atoms with Crippen molar-refractivity contribution in [3.63, 3.8) is 0 Å². The molecule has 0 bridgehead atoms. The van der Waals surface area contributed by atoms with Crippen LogP contribution in [0.2, 0.25) is 0 Å². The number of Topliss-reactive ketones (excluding diaryl/α,β-unsaturated/α-hetero) is 1. The van der Waals surface area contributed by atoms with E-state index < -0.39 is 17.5 Å². The van der Waals surface area contributed by atoms with E-state index in [-0.39, 0.29) is 11.3 Å². The fourth-order valence-electron chi connectivity index (χ4n) is 1.30. The summed E-state index contributed by atoms with van der Waals surface area (Å²) < 4.78 is 17.8. The lowest BCUT2D eigenvalue weighted by Crippen LogP contribution is -2.12. The highest BCUT2D eigenvalue weighted by molar-refractivity contribution is 6.51. The van der Waals surface area contributed by atoms with E-state index in [1.54, 1.807) is 0 Å². The van der Waals surface area contributed by atoms with Crippen molar-refractivity contribution in [2.45, 2.75) is 0 Å². The van der Waals surface area contributed by atoms with E-state index in [1.165, 1.54) is 13.2 Å². The van der Waals surface area contributed by atoms with E-state index in [2.05, 4.69) is 5.32 Å². The highest BCUT2D eigenvalue weighted by Gasteiger charge is 2.29. The Bertz CT molecular complexity index is 442. The lowest BCUT2D eigenvalue weighted by atomic mass is 10.1. The molecule has 5 heteroatoms. The van der Waals surface area contributed by atoms with E-state index in [0.717, 1.165) is 6.07 Å². The molecular formula is C9H6FNO3. The van der Waals surface area contributed by atoms with Crippen LogP contribution in [-0.2, 0) is 4.79 Å². The second-order valence-electron chi connectivity index (χ2n) is 2.82. The predicted molar refractivity (Wildman–Crippen MR) is 45.9 cm³/mol. The van der Waals surface area contributed by atoms with Crippen LogP contribution in [0.15, 0.2) is 12.1 Å². The van der Waals surface area contributed by atoms with Gasteiger partial charge in [-0.3, -0.25) is 9.59 Å². The topological polar surface area (TPSA) is 55.4 Å². The van der Waals surface area contributed by atoms with Crippen molar-refractivity contribution in [1.82, 2.24) is 0 Å². The maximum Gasteiger partial charge on any atom is 0.296 e. The zero-order valence-electron chi connectivity index (χ0n) is 7.26. The summed E-state index contributed by atoms with van der Waals surface area (Å²) in [6.07, 6.45) is 0. The Morgan fingerprint density at radius 1 is 1.36 bits per heavy atom. The Balaban J connectivity index is 2.60. The summed E-state index contributed by atoms with van der Waals surface area (Å²) in [6.45, 7) is 0. The molecule has 0 fully saturated rings. The van der Waals surface area contributed by atoms with Gasteiger partial charge >= 0.3 is 0 Å². The Morgan fingerprint density at radius 2 is 2.07 bits per heavy atom. The summed E-state index contributed by atoms with van der Waals surface area (Å²) in [6, 6.07) is 2.28. The lowest BCUT2D eigenvalue weighted by molar-refractivity contribution is -0.112. The number of carbonyl (C=O) groups is 2. The molecule has 0 aromatic heterocycles. The minimum atomic E-state index is -0.743. The zero-order chi connectivity index (χ0) is 10.3. The van der Waals surface area contributed by atoms with Crippen molar-refractivity contribution in [1.29, 1.82) is 0 Å². The summed E-state index contributed by atoms with van der Waals surface area (Å²) in [5, 5.41) is 2.31. The van der Waals surface area contributed by atoms with E-state index in [0.29, 0.717) is 5.69 Å². The molecule has 72 valence electrons. The molecule has 1 aromatic carbocycles. The number of ketones is 1. The quantitative estimate of drug-likeness (QED) is 0.679. The molecule has 1 aliphatic heterocycles.